The minimum Gasteiger partial charge on any atom is -0.353 e. The number of aryl methyl sites for hydroxylation is 1. The summed E-state index contributed by atoms with van der Waals surface area (Å²) in [5, 5.41) is 12.4. The van der Waals surface area contributed by atoms with Crippen LogP contribution in [0.15, 0.2) is 24.3 Å². The molecule has 4 unspecified atom stereocenters. The number of fused-ring (bicyclic) bond motifs is 1. The summed E-state index contributed by atoms with van der Waals surface area (Å²) in [4.78, 5) is 33.8. The lowest BCUT2D eigenvalue weighted by Gasteiger charge is -2.53. The molecule has 0 bridgehead atoms. The van der Waals surface area contributed by atoms with E-state index in [9.17, 15) is 9.59 Å². The van der Waals surface area contributed by atoms with Gasteiger partial charge in [-0.1, -0.05) is 76.5 Å². The van der Waals surface area contributed by atoms with Gasteiger partial charge in [-0.3, -0.25) is 9.59 Å². The van der Waals surface area contributed by atoms with E-state index in [0.29, 0.717) is 17.5 Å². The molecule has 1 spiro atoms. The molecule has 4 aliphatic rings. The molecule has 44 heavy (non-hydrogen) atoms. The molecule has 1 aromatic carbocycles. The minimum atomic E-state index is -0.215. The lowest BCUT2D eigenvalue weighted by Crippen LogP contribution is -2.69. The Labute approximate surface area is 265 Å². The van der Waals surface area contributed by atoms with E-state index in [2.05, 4.69) is 58.9 Å². The second-order valence-corrected chi connectivity index (χ2v) is 15.1. The predicted octanol–water partition coefficient (Wildman–Crippen LogP) is 6.46. The number of amides is 2. The minimum absolute atomic E-state index is 0.00914. The molecule has 2 amide bonds. The van der Waals surface area contributed by atoms with E-state index in [1.54, 1.807) is 0 Å². The highest BCUT2D eigenvalue weighted by Gasteiger charge is 2.52. The summed E-state index contributed by atoms with van der Waals surface area (Å²) in [5.74, 6) is 1.02. The number of H-pyrrole nitrogens is 1. The first-order valence-corrected chi connectivity index (χ1v) is 18.0. The Morgan fingerprint density at radius 2 is 1.61 bits per heavy atom. The number of benzene rings is 1. The Bertz CT molecular complexity index is 1260. The van der Waals surface area contributed by atoms with Gasteiger partial charge in [0.05, 0.1) is 5.92 Å². The second kappa shape index (κ2) is 13.9. The van der Waals surface area contributed by atoms with Gasteiger partial charge in [0.15, 0.2) is 0 Å². The van der Waals surface area contributed by atoms with Gasteiger partial charge in [-0.05, 0) is 95.5 Å². The Morgan fingerprint density at radius 3 is 2.25 bits per heavy atom. The molecule has 2 saturated heterocycles. The van der Waals surface area contributed by atoms with E-state index in [1.807, 2.05) is 12.1 Å². The van der Waals surface area contributed by atoms with Crippen molar-refractivity contribution in [3.05, 3.63) is 35.5 Å². The van der Waals surface area contributed by atoms with Crippen molar-refractivity contribution in [3.8, 4) is 0 Å². The zero-order valence-corrected chi connectivity index (χ0v) is 27.6. The van der Waals surface area contributed by atoms with Crippen molar-refractivity contribution in [2.75, 3.05) is 20.1 Å². The molecular weight excluding hydrogens is 546 g/mol. The summed E-state index contributed by atoms with van der Waals surface area (Å²) in [5.41, 5.74) is 2.62. The molecule has 7 nitrogen and oxygen atoms in total. The fourth-order valence-electron chi connectivity index (χ4n) is 8.75. The molecule has 4 N–H and O–H groups in total. The smallest absolute Gasteiger partial charge is 0.268 e. The van der Waals surface area contributed by atoms with E-state index in [1.165, 1.54) is 51.4 Å². The van der Waals surface area contributed by atoms with Crippen molar-refractivity contribution in [1.82, 2.24) is 25.8 Å². The molecule has 2 saturated carbocycles. The first-order chi connectivity index (χ1) is 21.3. The number of aromatic amines is 1. The van der Waals surface area contributed by atoms with Crippen LogP contribution in [-0.4, -0.2) is 65.5 Å². The van der Waals surface area contributed by atoms with Crippen LogP contribution in [0.25, 0.3) is 10.9 Å². The van der Waals surface area contributed by atoms with Crippen LogP contribution < -0.4 is 16.0 Å². The van der Waals surface area contributed by atoms with Gasteiger partial charge in [0.1, 0.15) is 5.69 Å². The number of piperidine rings is 2. The van der Waals surface area contributed by atoms with Crippen molar-refractivity contribution < 1.29 is 9.59 Å². The number of hydrogen-bond donors (Lipinski definition) is 4. The number of rotatable bonds is 6. The number of likely N-dealkylation sites (tertiary alicyclic amines) is 1. The van der Waals surface area contributed by atoms with Crippen LogP contribution >= 0.6 is 0 Å². The van der Waals surface area contributed by atoms with Crippen molar-refractivity contribution >= 4 is 22.7 Å². The SMILES string of the molecule is Cc1cccc2cc(C(=O)NC(C3CC3)C3NC4(CCCCCCCCCC4)C(C(=O)NC4CCN(C)CC4)CC3C)[nH]c12. The zero-order valence-electron chi connectivity index (χ0n) is 27.6. The largest absolute Gasteiger partial charge is 0.353 e. The molecule has 2 aliphatic heterocycles. The molecule has 2 aromatic rings. The summed E-state index contributed by atoms with van der Waals surface area (Å²) in [7, 11) is 2.18. The molecule has 1 aromatic heterocycles. The fraction of sp³-hybridized carbons (Fsp3) is 0.730. The van der Waals surface area contributed by atoms with Crippen LogP contribution in [0.3, 0.4) is 0 Å². The highest BCUT2D eigenvalue weighted by molar-refractivity contribution is 5.98. The molecule has 4 fully saturated rings. The van der Waals surface area contributed by atoms with Crippen LogP contribution in [0, 0.1) is 24.7 Å². The Kier molecular flexibility index (Phi) is 10.0. The standard InChI is InChI=1S/C37H57N5O2/c1-25-13-12-14-28-24-31(39-32(25)28)36(44)40-34(27-15-16-27)33-26(2)23-30(35(43)38-29-17-21-42(3)22-18-29)37(41-33)19-10-8-6-4-5-7-9-11-20-37/h12-14,24,26-27,29-30,33-34,39,41H,4-11,15-23H2,1-3H3,(H,38,43)(H,40,44). The maximum atomic E-state index is 14.2. The Hall–Kier alpha value is -2.38. The zero-order chi connectivity index (χ0) is 30.7. The number of carbonyl (C=O) groups is 2. The first-order valence-electron chi connectivity index (χ1n) is 18.0. The fourth-order valence-corrected chi connectivity index (χ4v) is 8.75. The molecule has 7 heteroatoms. The maximum absolute atomic E-state index is 14.2. The lowest BCUT2D eigenvalue weighted by atomic mass is 9.65. The highest BCUT2D eigenvalue weighted by Crippen LogP contribution is 2.44. The van der Waals surface area contributed by atoms with Crippen molar-refractivity contribution in [2.45, 2.75) is 134 Å². The first kappa shape index (κ1) is 31.6. The summed E-state index contributed by atoms with van der Waals surface area (Å²) >= 11 is 0. The van der Waals surface area contributed by atoms with E-state index < -0.39 is 0 Å². The number of para-hydroxylation sites is 1. The van der Waals surface area contributed by atoms with Crippen molar-refractivity contribution in [1.29, 1.82) is 0 Å². The van der Waals surface area contributed by atoms with E-state index in [4.69, 9.17) is 0 Å². The Morgan fingerprint density at radius 1 is 0.955 bits per heavy atom. The van der Waals surface area contributed by atoms with Gasteiger partial charge in [0.2, 0.25) is 5.91 Å². The molecular formula is C37H57N5O2. The van der Waals surface area contributed by atoms with Gasteiger partial charge in [0.25, 0.3) is 5.91 Å². The molecule has 6 rings (SSSR count). The van der Waals surface area contributed by atoms with Gasteiger partial charge < -0.3 is 25.8 Å². The lowest BCUT2D eigenvalue weighted by molar-refractivity contribution is -0.132. The summed E-state index contributed by atoms with van der Waals surface area (Å²) < 4.78 is 0. The van der Waals surface area contributed by atoms with Gasteiger partial charge >= 0.3 is 0 Å². The summed E-state index contributed by atoms with van der Waals surface area (Å²) in [6.45, 7) is 6.51. The van der Waals surface area contributed by atoms with E-state index >= 15 is 0 Å². The average Bonchev–Trinajstić information content (AvgIpc) is 3.76. The number of nitrogens with zero attached hydrogens (tertiary/aromatic N) is 1. The predicted molar refractivity (Wildman–Crippen MR) is 179 cm³/mol. The number of carbonyl (C=O) groups excluding carboxylic acids is 2. The number of hydrogen-bond acceptors (Lipinski definition) is 4. The van der Waals surface area contributed by atoms with Gasteiger partial charge in [-0.2, -0.15) is 0 Å². The van der Waals surface area contributed by atoms with Gasteiger partial charge in [-0.15, -0.1) is 0 Å². The highest BCUT2D eigenvalue weighted by atomic mass is 16.2. The van der Waals surface area contributed by atoms with Crippen LogP contribution in [-0.2, 0) is 4.79 Å². The molecule has 2 aliphatic carbocycles. The topological polar surface area (TPSA) is 89.3 Å². The second-order valence-electron chi connectivity index (χ2n) is 15.1. The third-order valence-electron chi connectivity index (χ3n) is 11.6. The average molecular weight is 604 g/mol. The molecule has 0 radical (unpaired) electrons. The summed E-state index contributed by atoms with van der Waals surface area (Å²) in [6, 6.07) is 8.71. The molecule has 3 heterocycles. The number of aromatic nitrogens is 1. The third kappa shape index (κ3) is 7.20. The number of nitrogens with one attached hydrogen (secondary N) is 4. The van der Waals surface area contributed by atoms with Gasteiger partial charge in [-0.25, -0.2) is 0 Å². The maximum Gasteiger partial charge on any atom is 0.268 e. The van der Waals surface area contributed by atoms with Crippen LogP contribution in [0.5, 0.6) is 0 Å². The summed E-state index contributed by atoms with van der Waals surface area (Å²) in [6.07, 6.45) is 17.5. The van der Waals surface area contributed by atoms with Crippen molar-refractivity contribution in [3.63, 3.8) is 0 Å². The quantitative estimate of drug-likeness (QED) is 0.305. The van der Waals surface area contributed by atoms with E-state index in [0.717, 1.165) is 74.5 Å². The van der Waals surface area contributed by atoms with Crippen molar-refractivity contribution in [2.24, 2.45) is 17.8 Å². The van der Waals surface area contributed by atoms with Crippen LogP contribution in [0.2, 0.25) is 0 Å². The monoisotopic (exact) mass is 603 g/mol. The Balaban J connectivity index is 1.25. The van der Waals surface area contributed by atoms with Crippen LogP contribution in [0.4, 0.5) is 0 Å². The third-order valence-corrected chi connectivity index (χ3v) is 11.6. The molecule has 4 atom stereocenters. The normalized spacial score (nSPS) is 28.3. The van der Waals surface area contributed by atoms with E-state index in [-0.39, 0.29) is 41.4 Å². The molecule has 242 valence electrons. The van der Waals surface area contributed by atoms with Crippen LogP contribution in [0.1, 0.15) is 119 Å². The van der Waals surface area contributed by atoms with Gasteiger partial charge in [0, 0.05) is 34.6 Å².